The lowest BCUT2D eigenvalue weighted by Crippen LogP contribution is -2.57. The molecule has 3 fully saturated rings. The van der Waals surface area contributed by atoms with Crippen LogP contribution in [-0.4, -0.2) is 54.1 Å². The third-order valence-electron chi connectivity index (χ3n) is 5.88. The molecular weight excluding hydrogens is 222 g/mol. The molecule has 0 amide bonds. The van der Waals surface area contributed by atoms with Crippen LogP contribution in [0.5, 0.6) is 0 Å². The standard InChI is InChI=1S/C15H29N3/c1-17(2)15(7-3-4-8-15)11-18-13-5-6-14(18)10-12(16)9-13/h12-14H,3-11,16H2,1-2H3. The van der Waals surface area contributed by atoms with Crippen molar-refractivity contribution < 1.29 is 0 Å². The maximum Gasteiger partial charge on any atom is 0.0330 e. The van der Waals surface area contributed by atoms with Crippen molar-refractivity contribution in [1.29, 1.82) is 0 Å². The molecule has 2 saturated heterocycles. The summed E-state index contributed by atoms with van der Waals surface area (Å²) in [5.74, 6) is 0. The number of nitrogens with two attached hydrogens (primary N) is 1. The third kappa shape index (κ3) is 2.10. The van der Waals surface area contributed by atoms with E-state index in [2.05, 4.69) is 23.9 Å². The molecule has 1 saturated carbocycles. The van der Waals surface area contributed by atoms with Crippen LogP contribution in [0.25, 0.3) is 0 Å². The van der Waals surface area contributed by atoms with Crippen LogP contribution in [0.4, 0.5) is 0 Å². The minimum atomic E-state index is 0.461. The van der Waals surface area contributed by atoms with Gasteiger partial charge in [0, 0.05) is 30.2 Å². The van der Waals surface area contributed by atoms with Crippen LogP contribution in [0.2, 0.25) is 0 Å². The van der Waals surface area contributed by atoms with Crippen LogP contribution < -0.4 is 5.73 Å². The molecule has 0 aromatic rings. The summed E-state index contributed by atoms with van der Waals surface area (Å²) < 4.78 is 0. The van der Waals surface area contributed by atoms with E-state index >= 15 is 0 Å². The van der Waals surface area contributed by atoms with Gasteiger partial charge in [-0.05, 0) is 52.6 Å². The molecule has 0 aromatic heterocycles. The van der Waals surface area contributed by atoms with Gasteiger partial charge in [-0.3, -0.25) is 4.90 Å². The third-order valence-corrected chi connectivity index (χ3v) is 5.88. The fraction of sp³-hybridized carbons (Fsp3) is 1.00. The lowest BCUT2D eigenvalue weighted by atomic mass is 9.91. The van der Waals surface area contributed by atoms with Gasteiger partial charge >= 0.3 is 0 Å². The van der Waals surface area contributed by atoms with Crippen LogP contribution >= 0.6 is 0 Å². The Morgan fingerprint density at radius 2 is 1.67 bits per heavy atom. The van der Waals surface area contributed by atoms with Gasteiger partial charge < -0.3 is 10.6 Å². The Morgan fingerprint density at radius 1 is 1.11 bits per heavy atom. The van der Waals surface area contributed by atoms with Crippen molar-refractivity contribution in [3.8, 4) is 0 Å². The number of hydrogen-bond donors (Lipinski definition) is 1. The van der Waals surface area contributed by atoms with E-state index in [0.29, 0.717) is 11.6 Å². The summed E-state index contributed by atoms with van der Waals surface area (Å²) in [5, 5.41) is 0. The van der Waals surface area contributed by atoms with Crippen molar-refractivity contribution in [2.24, 2.45) is 5.73 Å². The molecular formula is C15H29N3. The summed E-state index contributed by atoms with van der Waals surface area (Å²) in [6, 6.07) is 2.05. The Balaban J connectivity index is 1.72. The predicted molar refractivity (Wildman–Crippen MR) is 75.6 cm³/mol. The maximum atomic E-state index is 6.18. The van der Waals surface area contributed by atoms with Crippen molar-refractivity contribution in [3.63, 3.8) is 0 Å². The fourth-order valence-electron chi connectivity index (χ4n) is 4.69. The molecule has 0 spiro atoms. The van der Waals surface area contributed by atoms with E-state index in [1.54, 1.807) is 0 Å². The van der Waals surface area contributed by atoms with Gasteiger partial charge in [-0.15, -0.1) is 0 Å². The van der Waals surface area contributed by atoms with Crippen molar-refractivity contribution in [2.45, 2.75) is 75.0 Å². The molecule has 2 aliphatic heterocycles. The Labute approximate surface area is 112 Å². The van der Waals surface area contributed by atoms with Crippen molar-refractivity contribution in [3.05, 3.63) is 0 Å². The summed E-state index contributed by atoms with van der Waals surface area (Å²) in [5.41, 5.74) is 6.64. The fourth-order valence-corrected chi connectivity index (χ4v) is 4.69. The van der Waals surface area contributed by atoms with Crippen molar-refractivity contribution in [2.75, 3.05) is 20.6 Å². The second kappa shape index (κ2) is 4.77. The van der Waals surface area contributed by atoms with Gasteiger partial charge in [0.1, 0.15) is 0 Å². The van der Waals surface area contributed by atoms with E-state index in [4.69, 9.17) is 5.73 Å². The zero-order valence-electron chi connectivity index (χ0n) is 12.1. The zero-order chi connectivity index (χ0) is 12.8. The van der Waals surface area contributed by atoms with Crippen LogP contribution in [0.3, 0.4) is 0 Å². The molecule has 3 nitrogen and oxygen atoms in total. The van der Waals surface area contributed by atoms with Crippen LogP contribution in [0.15, 0.2) is 0 Å². The molecule has 2 heterocycles. The molecule has 18 heavy (non-hydrogen) atoms. The first kappa shape index (κ1) is 12.9. The monoisotopic (exact) mass is 251 g/mol. The molecule has 2 bridgehead atoms. The molecule has 3 aliphatic rings. The van der Waals surface area contributed by atoms with E-state index in [1.807, 2.05) is 0 Å². The lowest BCUT2D eigenvalue weighted by molar-refractivity contribution is 0.0420. The normalized spacial score (nSPS) is 39.7. The van der Waals surface area contributed by atoms with E-state index in [0.717, 1.165) is 12.1 Å². The highest BCUT2D eigenvalue weighted by molar-refractivity contribution is 5.03. The summed E-state index contributed by atoms with van der Waals surface area (Å²) in [7, 11) is 4.56. The largest absolute Gasteiger partial charge is 0.328 e. The summed E-state index contributed by atoms with van der Waals surface area (Å²) in [6.45, 7) is 1.29. The average Bonchev–Trinajstić information content (AvgIpc) is 2.86. The highest BCUT2D eigenvalue weighted by atomic mass is 15.3. The smallest absolute Gasteiger partial charge is 0.0330 e. The molecule has 3 heteroatoms. The predicted octanol–water partition coefficient (Wildman–Crippen LogP) is 1.81. The highest BCUT2D eigenvalue weighted by Gasteiger charge is 2.45. The molecule has 2 N–H and O–H groups in total. The van der Waals surface area contributed by atoms with Crippen LogP contribution in [0.1, 0.15) is 51.4 Å². The second-order valence-electron chi connectivity index (χ2n) is 7.11. The Bertz CT molecular complexity index is 282. The van der Waals surface area contributed by atoms with Gasteiger partial charge in [-0.2, -0.15) is 0 Å². The van der Waals surface area contributed by atoms with Crippen LogP contribution in [-0.2, 0) is 0 Å². The molecule has 0 radical (unpaired) electrons. The number of piperidine rings is 1. The highest BCUT2D eigenvalue weighted by Crippen LogP contribution is 2.41. The van der Waals surface area contributed by atoms with Crippen molar-refractivity contribution >= 4 is 0 Å². The summed E-state index contributed by atoms with van der Waals surface area (Å²) in [4.78, 5) is 5.34. The van der Waals surface area contributed by atoms with E-state index in [-0.39, 0.29) is 0 Å². The van der Waals surface area contributed by atoms with E-state index in [9.17, 15) is 0 Å². The first-order chi connectivity index (χ1) is 8.61. The molecule has 104 valence electrons. The van der Waals surface area contributed by atoms with E-state index < -0.39 is 0 Å². The average molecular weight is 251 g/mol. The van der Waals surface area contributed by atoms with Gasteiger partial charge in [0.15, 0.2) is 0 Å². The van der Waals surface area contributed by atoms with Gasteiger partial charge in [-0.1, -0.05) is 12.8 Å². The Morgan fingerprint density at radius 3 is 2.17 bits per heavy atom. The number of rotatable bonds is 3. The number of nitrogens with zero attached hydrogens (tertiary/aromatic N) is 2. The Hall–Kier alpha value is -0.120. The minimum Gasteiger partial charge on any atom is -0.328 e. The molecule has 3 rings (SSSR count). The first-order valence-electron chi connectivity index (χ1n) is 7.79. The van der Waals surface area contributed by atoms with Crippen LogP contribution in [0, 0.1) is 0 Å². The minimum absolute atomic E-state index is 0.461. The lowest BCUT2D eigenvalue weighted by Gasteiger charge is -2.46. The maximum absolute atomic E-state index is 6.18. The summed E-state index contributed by atoms with van der Waals surface area (Å²) >= 11 is 0. The van der Waals surface area contributed by atoms with Gasteiger partial charge in [0.25, 0.3) is 0 Å². The SMILES string of the molecule is CN(C)C1(CN2C3CCC2CC(N)C3)CCCC1. The van der Waals surface area contributed by atoms with Gasteiger partial charge in [0.2, 0.25) is 0 Å². The van der Waals surface area contributed by atoms with Crippen molar-refractivity contribution in [1.82, 2.24) is 9.80 Å². The topological polar surface area (TPSA) is 32.5 Å². The van der Waals surface area contributed by atoms with Gasteiger partial charge in [-0.25, -0.2) is 0 Å². The molecule has 0 aromatic carbocycles. The first-order valence-corrected chi connectivity index (χ1v) is 7.79. The van der Waals surface area contributed by atoms with Gasteiger partial charge in [0.05, 0.1) is 0 Å². The molecule has 2 unspecified atom stereocenters. The summed E-state index contributed by atoms with van der Waals surface area (Å²) in [6.07, 6.45) is 10.9. The Kier molecular flexibility index (Phi) is 3.41. The molecule has 2 atom stereocenters. The number of hydrogen-bond acceptors (Lipinski definition) is 3. The molecule has 1 aliphatic carbocycles. The second-order valence-corrected chi connectivity index (χ2v) is 7.11. The number of fused-ring (bicyclic) bond motifs is 2. The zero-order valence-corrected chi connectivity index (χ0v) is 12.1. The quantitative estimate of drug-likeness (QED) is 0.830. The number of likely N-dealkylation sites (N-methyl/N-ethyl adjacent to an activating group) is 1. The van der Waals surface area contributed by atoms with E-state index in [1.165, 1.54) is 57.9 Å².